The molecule has 0 saturated carbocycles. The molecule has 162 valence electrons. The molecule has 0 amide bonds. The number of ether oxygens (including phenoxy) is 1. The highest BCUT2D eigenvalue weighted by molar-refractivity contribution is 6.31. The largest absolute Gasteiger partial charge is 0.494 e. The Labute approximate surface area is 188 Å². The molecule has 0 aliphatic rings. The van der Waals surface area contributed by atoms with Crippen molar-refractivity contribution in [3.8, 4) is 5.75 Å². The lowest BCUT2D eigenvalue weighted by Gasteiger charge is -2.08. The Morgan fingerprint density at radius 3 is 2.38 bits per heavy atom. The Hall–Kier alpha value is -3.66. The maximum Gasteiger partial charge on any atom is 0.231 e. The van der Waals surface area contributed by atoms with Crippen LogP contribution in [0.25, 0.3) is 22.7 Å². The second kappa shape index (κ2) is 9.65. The maximum absolute atomic E-state index is 13.5. The van der Waals surface area contributed by atoms with Gasteiger partial charge in [0, 0.05) is 5.56 Å². The van der Waals surface area contributed by atoms with Gasteiger partial charge in [-0.25, -0.2) is 4.98 Å². The number of nitrogens with zero attached hydrogens (tertiary/aromatic N) is 1. The van der Waals surface area contributed by atoms with E-state index in [4.69, 9.17) is 9.15 Å². The Morgan fingerprint density at radius 2 is 1.72 bits per heavy atom. The highest BCUT2D eigenvalue weighted by Gasteiger charge is 2.20. The van der Waals surface area contributed by atoms with Crippen molar-refractivity contribution in [1.29, 1.82) is 0 Å². The molecule has 0 aliphatic carbocycles. The molecule has 4 aromatic rings. The number of oxazole rings is 1. The molecule has 32 heavy (non-hydrogen) atoms. The minimum atomic E-state index is -0.147. The van der Waals surface area contributed by atoms with Gasteiger partial charge in [0.25, 0.3) is 0 Å². The summed E-state index contributed by atoms with van der Waals surface area (Å²) in [6.07, 6.45) is 2.78. The monoisotopic (exact) mass is 425 g/mol. The predicted molar refractivity (Wildman–Crippen MR) is 129 cm³/mol. The molecule has 1 heterocycles. The van der Waals surface area contributed by atoms with Crippen molar-refractivity contribution in [2.75, 3.05) is 6.61 Å². The van der Waals surface area contributed by atoms with Crippen molar-refractivity contribution in [3.63, 3.8) is 0 Å². The summed E-state index contributed by atoms with van der Waals surface area (Å²) in [5.41, 5.74) is 4.52. The van der Waals surface area contributed by atoms with E-state index in [2.05, 4.69) is 37.9 Å². The normalized spacial score (nSPS) is 11.8. The van der Waals surface area contributed by atoms with E-state index in [9.17, 15) is 4.79 Å². The van der Waals surface area contributed by atoms with Crippen LogP contribution in [0.1, 0.15) is 60.5 Å². The van der Waals surface area contributed by atoms with Gasteiger partial charge in [-0.3, -0.25) is 4.79 Å². The first-order chi connectivity index (χ1) is 15.5. The van der Waals surface area contributed by atoms with Crippen molar-refractivity contribution in [1.82, 2.24) is 4.98 Å². The van der Waals surface area contributed by atoms with Gasteiger partial charge in [0.05, 0.1) is 12.2 Å². The quantitative estimate of drug-likeness (QED) is 0.222. The standard InChI is InChI=1S/C28H27NO3/c1-4-17-31-23-15-13-22(14-16-23)27(30)24(18-20-9-11-21(12-10-20)19(2)3)28-29-25-7-5-6-8-26(25)32-28/h5-16,18-19H,4,17H2,1-3H3/b24-18-. The van der Waals surface area contributed by atoms with E-state index in [1.807, 2.05) is 54.6 Å². The SMILES string of the molecule is CCCOc1ccc(C(=O)/C(=C/c2ccc(C(C)C)cc2)c2nc3ccccc3o2)cc1. The number of para-hydroxylation sites is 2. The van der Waals surface area contributed by atoms with Crippen molar-refractivity contribution >= 4 is 28.5 Å². The molecule has 4 nitrogen and oxygen atoms in total. The smallest absolute Gasteiger partial charge is 0.231 e. The number of benzene rings is 3. The average molecular weight is 426 g/mol. The van der Waals surface area contributed by atoms with Gasteiger partial charge in [-0.15, -0.1) is 0 Å². The summed E-state index contributed by atoms with van der Waals surface area (Å²) in [4.78, 5) is 18.1. The minimum Gasteiger partial charge on any atom is -0.494 e. The minimum absolute atomic E-state index is 0.147. The molecule has 0 saturated heterocycles. The van der Waals surface area contributed by atoms with Gasteiger partial charge in [-0.1, -0.05) is 57.2 Å². The van der Waals surface area contributed by atoms with Crippen LogP contribution in [0.4, 0.5) is 0 Å². The molecule has 0 unspecified atom stereocenters. The molecule has 0 N–H and O–H groups in total. The molecular formula is C28H27NO3. The number of Topliss-reactive ketones (excluding diaryl/α,β-unsaturated/α-hetero) is 1. The Kier molecular flexibility index (Phi) is 6.50. The number of carbonyl (C=O) groups is 1. The summed E-state index contributed by atoms with van der Waals surface area (Å²) < 4.78 is 11.6. The molecule has 0 aliphatic heterocycles. The summed E-state index contributed by atoms with van der Waals surface area (Å²) in [6, 6.07) is 23.0. The number of allylic oxidation sites excluding steroid dienone is 1. The summed E-state index contributed by atoms with van der Waals surface area (Å²) in [5.74, 6) is 1.36. The van der Waals surface area contributed by atoms with E-state index in [1.54, 1.807) is 12.1 Å². The van der Waals surface area contributed by atoms with Gasteiger partial charge in [0.2, 0.25) is 5.89 Å². The van der Waals surface area contributed by atoms with Crippen molar-refractivity contribution in [2.24, 2.45) is 0 Å². The summed E-state index contributed by atoms with van der Waals surface area (Å²) in [6.45, 7) is 7.02. The molecular weight excluding hydrogens is 398 g/mol. The molecule has 0 atom stereocenters. The number of fused-ring (bicyclic) bond motifs is 1. The lowest BCUT2D eigenvalue weighted by atomic mass is 9.98. The predicted octanol–water partition coefficient (Wildman–Crippen LogP) is 7.16. The van der Waals surface area contributed by atoms with Gasteiger partial charge in [-0.2, -0.15) is 0 Å². The summed E-state index contributed by atoms with van der Waals surface area (Å²) in [5, 5.41) is 0. The average Bonchev–Trinajstić information content (AvgIpc) is 3.25. The van der Waals surface area contributed by atoms with Crippen LogP contribution < -0.4 is 4.74 Å². The van der Waals surface area contributed by atoms with E-state index >= 15 is 0 Å². The molecule has 4 rings (SSSR count). The number of hydrogen-bond acceptors (Lipinski definition) is 4. The second-order valence-corrected chi connectivity index (χ2v) is 8.07. The highest BCUT2D eigenvalue weighted by atomic mass is 16.5. The fraction of sp³-hybridized carbons (Fsp3) is 0.214. The number of ketones is 1. The fourth-order valence-corrected chi connectivity index (χ4v) is 3.43. The number of carbonyl (C=O) groups excluding carboxylic acids is 1. The Bertz CT molecular complexity index is 1200. The van der Waals surface area contributed by atoms with Crippen LogP contribution in [0.5, 0.6) is 5.75 Å². The number of aromatic nitrogens is 1. The first kappa shape index (κ1) is 21.6. The first-order valence-corrected chi connectivity index (χ1v) is 11.0. The lowest BCUT2D eigenvalue weighted by molar-refractivity contribution is 0.105. The molecule has 0 radical (unpaired) electrons. The van der Waals surface area contributed by atoms with E-state index < -0.39 is 0 Å². The molecule has 1 aromatic heterocycles. The van der Waals surface area contributed by atoms with Gasteiger partial charge in [-0.05, 0) is 65.9 Å². The summed E-state index contributed by atoms with van der Waals surface area (Å²) >= 11 is 0. The van der Waals surface area contributed by atoms with Crippen LogP contribution >= 0.6 is 0 Å². The number of hydrogen-bond donors (Lipinski definition) is 0. The van der Waals surface area contributed by atoms with Crippen molar-refractivity contribution < 1.29 is 13.9 Å². The van der Waals surface area contributed by atoms with Crippen LogP contribution in [0.15, 0.2) is 77.2 Å². The van der Waals surface area contributed by atoms with Crippen molar-refractivity contribution in [3.05, 3.63) is 95.4 Å². The fourth-order valence-electron chi connectivity index (χ4n) is 3.43. The molecule has 0 fully saturated rings. The van der Waals surface area contributed by atoms with Gasteiger partial charge in [0.1, 0.15) is 11.3 Å². The zero-order chi connectivity index (χ0) is 22.5. The van der Waals surface area contributed by atoms with Gasteiger partial charge in [0.15, 0.2) is 11.4 Å². The third-order valence-electron chi connectivity index (χ3n) is 5.27. The Balaban J connectivity index is 1.73. The molecule has 3 aromatic carbocycles. The van der Waals surface area contributed by atoms with Crippen LogP contribution in [0, 0.1) is 0 Å². The second-order valence-electron chi connectivity index (χ2n) is 8.07. The van der Waals surface area contributed by atoms with E-state index in [0.29, 0.717) is 35.1 Å². The van der Waals surface area contributed by atoms with Crippen LogP contribution in [-0.2, 0) is 0 Å². The van der Waals surface area contributed by atoms with Gasteiger partial charge < -0.3 is 9.15 Å². The lowest BCUT2D eigenvalue weighted by Crippen LogP contribution is -2.04. The first-order valence-electron chi connectivity index (χ1n) is 11.0. The zero-order valence-corrected chi connectivity index (χ0v) is 18.7. The highest BCUT2D eigenvalue weighted by Crippen LogP contribution is 2.27. The molecule has 0 bridgehead atoms. The van der Waals surface area contributed by atoms with E-state index in [-0.39, 0.29) is 5.78 Å². The zero-order valence-electron chi connectivity index (χ0n) is 18.7. The van der Waals surface area contributed by atoms with Crippen molar-refractivity contribution in [2.45, 2.75) is 33.1 Å². The third kappa shape index (κ3) is 4.80. The molecule has 0 spiro atoms. The molecule has 4 heteroatoms. The van der Waals surface area contributed by atoms with Crippen LogP contribution in [0.2, 0.25) is 0 Å². The topological polar surface area (TPSA) is 52.3 Å². The Morgan fingerprint density at radius 1 is 1.00 bits per heavy atom. The van der Waals surface area contributed by atoms with E-state index in [0.717, 1.165) is 23.3 Å². The maximum atomic E-state index is 13.5. The van der Waals surface area contributed by atoms with E-state index in [1.165, 1.54) is 5.56 Å². The summed E-state index contributed by atoms with van der Waals surface area (Å²) in [7, 11) is 0. The van der Waals surface area contributed by atoms with Crippen LogP contribution in [-0.4, -0.2) is 17.4 Å². The number of rotatable bonds is 8. The third-order valence-corrected chi connectivity index (χ3v) is 5.27. The van der Waals surface area contributed by atoms with Crippen LogP contribution in [0.3, 0.4) is 0 Å². The van der Waals surface area contributed by atoms with Gasteiger partial charge >= 0.3 is 0 Å².